The third kappa shape index (κ3) is 5.37. The highest BCUT2D eigenvalue weighted by atomic mass is 79.9. The van der Waals surface area contributed by atoms with Crippen molar-refractivity contribution in [2.75, 3.05) is 0 Å². The fourth-order valence-corrected chi connectivity index (χ4v) is 2.57. The molecule has 3 rings (SSSR count). The number of ether oxygens (including phenoxy) is 1. The van der Waals surface area contributed by atoms with E-state index in [1.165, 1.54) is 6.21 Å². The molecule has 6 heteroatoms. The van der Waals surface area contributed by atoms with Gasteiger partial charge in [-0.25, -0.2) is 10.2 Å². The molecule has 28 heavy (non-hydrogen) atoms. The number of amides is 1. The monoisotopic (exact) mass is 436 g/mol. The summed E-state index contributed by atoms with van der Waals surface area (Å²) in [6, 6.07) is 21.0. The van der Waals surface area contributed by atoms with E-state index in [1.807, 2.05) is 19.1 Å². The predicted octanol–water partition coefficient (Wildman–Crippen LogP) is 4.74. The molecule has 0 bridgehead atoms. The number of nitrogens with zero attached hydrogens (tertiary/aromatic N) is 1. The lowest BCUT2D eigenvalue weighted by Crippen LogP contribution is -2.17. The van der Waals surface area contributed by atoms with E-state index < -0.39 is 5.97 Å². The van der Waals surface area contributed by atoms with Gasteiger partial charge in [-0.3, -0.25) is 4.79 Å². The largest absolute Gasteiger partial charge is 0.423 e. The van der Waals surface area contributed by atoms with Gasteiger partial charge in [-0.2, -0.15) is 5.10 Å². The molecule has 3 aromatic carbocycles. The third-order valence-corrected chi connectivity index (χ3v) is 4.39. The van der Waals surface area contributed by atoms with Crippen LogP contribution in [0.3, 0.4) is 0 Å². The molecule has 0 fully saturated rings. The highest BCUT2D eigenvalue weighted by molar-refractivity contribution is 9.10. The number of aryl methyl sites for hydroxylation is 1. The van der Waals surface area contributed by atoms with Crippen molar-refractivity contribution in [3.63, 3.8) is 0 Å². The molecule has 0 heterocycles. The first-order chi connectivity index (χ1) is 13.5. The molecular formula is C22H17BrN2O3. The maximum atomic E-state index is 12.1. The minimum Gasteiger partial charge on any atom is -0.423 e. The van der Waals surface area contributed by atoms with Crippen LogP contribution in [-0.4, -0.2) is 18.1 Å². The molecule has 1 amide bonds. The van der Waals surface area contributed by atoms with Crippen molar-refractivity contribution in [3.8, 4) is 5.75 Å². The van der Waals surface area contributed by atoms with Gasteiger partial charge in [0.25, 0.3) is 5.91 Å². The maximum absolute atomic E-state index is 12.1. The van der Waals surface area contributed by atoms with E-state index in [0.717, 1.165) is 15.6 Å². The first-order valence-corrected chi connectivity index (χ1v) is 9.28. The highest BCUT2D eigenvalue weighted by Gasteiger charge is 2.08. The molecule has 0 saturated carbocycles. The number of hydrogen-bond acceptors (Lipinski definition) is 4. The Morgan fingerprint density at radius 1 is 0.893 bits per heavy atom. The van der Waals surface area contributed by atoms with Gasteiger partial charge in [0.2, 0.25) is 0 Å². The lowest BCUT2D eigenvalue weighted by Gasteiger charge is -2.05. The number of hydrazone groups is 1. The fraction of sp³-hybridized carbons (Fsp3) is 0.0455. The minimum atomic E-state index is -0.414. The lowest BCUT2D eigenvalue weighted by molar-refractivity contribution is 0.0734. The average Bonchev–Trinajstić information content (AvgIpc) is 2.70. The SMILES string of the molecule is Cc1ccc(C(=O)Oc2ccc(C=NNC(=O)c3ccc(Br)cc3)cc2)cc1. The van der Waals surface area contributed by atoms with Gasteiger partial charge in [-0.05, 0) is 73.2 Å². The van der Waals surface area contributed by atoms with E-state index in [-0.39, 0.29) is 5.91 Å². The topological polar surface area (TPSA) is 67.8 Å². The molecule has 0 aliphatic rings. The van der Waals surface area contributed by atoms with Gasteiger partial charge in [-0.15, -0.1) is 0 Å². The summed E-state index contributed by atoms with van der Waals surface area (Å²) in [5, 5.41) is 3.94. The Labute approximate surface area is 171 Å². The van der Waals surface area contributed by atoms with Crippen LogP contribution < -0.4 is 10.2 Å². The number of esters is 1. The summed E-state index contributed by atoms with van der Waals surface area (Å²) in [5.41, 5.74) is 5.31. The zero-order valence-electron chi connectivity index (χ0n) is 15.1. The number of rotatable bonds is 5. The third-order valence-electron chi connectivity index (χ3n) is 3.86. The first-order valence-electron chi connectivity index (χ1n) is 8.49. The molecule has 0 atom stereocenters. The zero-order valence-corrected chi connectivity index (χ0v) is 16.6. The molecular weight excluding hydrogens is 420 g/mol. The Balaban J connectivity index is 1.55. The Morgan fingerprint density at radius 3 is 2.14 bits per heavy atom. The molecule has 0 saturated heterocycles. The van der Waals surface area contributed by atoms with Gasteiger partial charge >= 0.3 is 5.97 Å². The molecule has 0 aromatic heterocycles. The summed E-state index contributed by atoms with van der Waals surface area (Å²) in [6.07, 6.45) is 1.52. The Morgan fingerprint density at radius 2 is 1.50 bits per heavy atom. The average molecular weight is 437 g/mol. The zero-order chi connectivity index (χ0) is 19.9. The standard InChI is InChI=1S/C22H17BrN2O3/c1-15-2-6-18(7-3-15)22(27)28-20-12-4-16(5-13-20)14-24-25-21(26)17-8-10-19(23)11-9-17/h2-14H,1H3,(H,25,26). The van der Waals surface area contributed by atoms with Crippen molar-refractivity contribution < 1.29 is 14.3 Å². The molecule has 0 unspecified atom stereocenters. The highest BCUT2D eigenvalue weighted by Crippen LogP contribution is 2.14. The fourth-order valence-electron chi connectivity index (χ4n) is 2.31. The molecule has 0 spiro atoms. The molecule has 1 N–H and O–H groups in total. The van der Waals surface area contributed by atoms with Crippen LogP contribution in [0, 0.1) is 6.92 Å². The van der Waals surface area contributed by atoms with Crippen LogP contribution in [0.25, 0.3) is 0 Å². The summed E-state index contributed by atoms with van der Waals surface area (Å²) in [6.45, 7) is 1.96. The van der Waals surface area contributed by atoms with Crippen LogP contribution in [0.4, 0.5) is 0 Å². The summed E-state index contributed by atoms with van der Waals surface area (Å²) >= 11 is 3.32. The van der Waals surface area contributed by atoms with E-state index in [0.29, 0.717) is 16.9 Å². The van der Waals surface area contributed by atoms with Crippen LogP contribution in [-0.2, 0) is 0 Å². The molecule has 0 aliphatic carbocycles. The first kappa shape index (κ1) is 19.5. The molecule has 0 radical (unpaired) electrons. The molecule has 5 nitrogen and oxygen atoms in total. The molecule has 140 valence electrons. The second-order valence-electron chi connectivity index (χ2n) is 6.03. The van der Waals surface area contributed by atoms with E-state index in [1.54, 1.807) is 60.7 Å². The van der Waals surface area contributed by atoms with E-state index in [4.69, 9.17) is 4.74 Å². The quantitative estimate of drug-likeness (QED) is 0.271. The normalized spacial score (nSPS) is 10.6. The van der Waals surface area contributed by atoms with Gasteiger partial charge in [0.1, 0.15) is 5.75 Å². The van der Waals surface area contributed by atoms with Gasteiger partial charge in [0.05, 0.1) is 11.8 Å². The van der Waals surface area contributed by atoms with Gasteiger partial charge in [0.15, 0.2) is 0 Å². The van der Waals surface area contributed by atoms with Crippen LogP contribution >= 0.6 is 15.9 Å². The number of halogens is 1. The van der Waals surface area contributed by atoms with Crippen LogP contribution in [0.15, 0.2) is 82.4 Å². The number of carbonyl (C=O) groups is 2. The Hall–Kier alpha value is -3.25. The van der Waals surface area contributed by atoms with E-state index >= 15 is 0 Å². The minimum absolute atomic E-state index is 0.299. The van der Waals surface area contributed by atoms with Crippen LogP contribution in [0.1, 0.15) is 31.8 Å². The summed E-state index contributed by atoms with van der Waals surface area (Å²) < 4.78 is 6.25. The smallest absolute Gasteiger partial charge is 0.343 e. The second-order valence-corrected chi connectivity index (χ2v) is 6.95. The predicted molar refractivity (Wildman–Crippen MR) is 112 cm³/mol. The Bertz CT molecular complexity index is 995. The number of benzene rings is 3. The maximum Gasteiger partial charge on any atom is 0.343 e. The van der Waals surface area contributed by atoms with Gasteiger partial charge in [-0.1, -0.05) is 33.6 Å². The van der Waals surface area contributed by atoms with Crippen molar-refractivity contribution in [1.82, 2.24) is 5.43 Å². The summed E-state index contributed by atoms with van der Waals surface area (Å²) in [5.74, 6) is -0.280. The lowest BCUT2D eigenvalue weighted by atomic mass is 10.1. The van der Waals surface area contributed by atoms with Crippen molar-refractivity contribution in [2.45, 2.75) is 6.92 Å². The number of nitrogens with one attached hydrogen (secondary N) is 1. The molecule has 3 aromatic rings. The summed E-state index contributed by atoms with van der Waals surface area (Å²) in [4.78, 5) is 24.1. The van der Waals surface area contributed by atoms with Crippen LogP contribution in [0.2, 0.25) is 0 Å². The second kappa shape index (κ2) is 9.10. The van der Waals surface area contributed by atoms with Gasteiger partial charge in [0, 0.05) is 10.0 Å². The van der Waals surface area contributed by atoms with E-state index in [9.17, 15) is 9.59 Å². The van der Waals surface area contributed by atoms with Crippen molar-refractivity contribution in [1.29, 1.82) is 0 Å². The van der Waals surface area contributed by atoms with Crippen molar-refractivity contribution in [3.05, 3.63) is 99.5 Å². The van der Waals surface area contributed by atoms with E-state index in [2.05, 4.69) is 26.5 Å². The van der Waals surface area contributed by atoms with Crippen molar-refractivity contribution >= 4 is 34.0 Å². The van der Waals surface area contributed by atoms with Gasteiger partial charge < -0.3 is 4.74 Å². The number of hydrogen-bond donors (Lipinski definition) is 1. The van der Waals surface area contributed by atoms with Crippen LogP contribution in [0.5, 0.6) is 5.75 Å². The van der Waals surface area contributed by atoms with Crippen molar-refractivity contribution in [2.24, 2.45) is 5.10 Å². The summed E-state index contributed by atoms with van der Waals surface area (Å²) in [7, 11) is 0. The number of carbonyl (C=O) groups excluding carboxylic acids is 2. The Kier molecular flexibility index (Phi) is 6.34. The molecule has 0 aliphatic heterocycles.